The van der Waals surface area contributed by atoms with Crippen molar-refractivity contribution in [3.63, 3.8) is 0 Å². The van der Waals surface area contributed by atoms with Gasteiger partial charge in [-0.2, -0.15) is 0 Å². The van der Waals surface area contributed by atoms with Crippen LogP contribution in [0, 0.1) is 24.7 Å². The number of benzene rings is 9. The monoisotopic (exact) mass is 1490 g/mol. The first-order valence-corrected chi connectivity index (χ1v) is 37.7. The third-order valence-corrected chi connectivity index (χ3v) is 22.1. The van der Waals surface area contributed by atoms with E-state index in [2.05, 4.69) is 64.3 Å². The quantitative estimate of drug-likeness (QED) is 0.0332. The van der Waals surface area contributed by atoms with Crippen molar-refractivity contribution < 1.29 is 72.0 Å². The molecule has 15 rings (SSSR count). The Bertz CT molecular complexity index is 4680. The largest absolute Gasteiger partial charge is 0.508 e. The van der Waals surface area contributed by atoms with Gasteiger partial charge in [0.2, 0.25) is 11.5 Å². The summed E-state index contributed by atoms with van der Waals surface area (Å²) in [6, 6.07) is 62.3. The minimum absolute atomic E-state index is 0.109. The van der Waals surface area contributed by atoms with Crippen molar-refractivity contribution in [3.05, 3.63) is 229 Å². The Morgan fingerprint density at radius 2 is 0.954 bits per heavy atom. The molecule has 564 valence electrons. The fourth-order valence-corrected chi connectivity index (χ4v) is 15.7. The second-order valence-electron chi connectivity index (χ2n) is 28.6. The molecule has 0 bridgehead atoms. The van der Waals surface area contributed by atoms with Gasteiger partial charge in [0.05, 0.1) is 35.9 Å². The number of fused-ring (bicyclic) bond motifs is 2. The van der Waals surface area contributed by atoms with Gasteiger partial charge >= 0.3 is 0 Å². The molecule has 17 nitrogen and oxygen atoms in total. The van der Waals surface area contributed by atoms with Gasteiger partial charge in [0.25, 0.3) is 0 Å². The lowest BCUT2D eigenvalue weighted by atomic mass is 10.00. The van der Waals surface area contributed by atoms with Gasteiger partial charge in [0.1, 0.15) is 89.2 Å². The molecular formula is C87H92F3N5O12S. The van der Waals surface area contributed by atoms with Crippen molar-refractivity contribution in [1.29, 1.82) is 0 Å². The highest BCUT2D eigenvalue weighted by Gasteiger charge is 2.35. The van der Waals surface area contributed by atoms with Gasteiger partial charge in [-0.1, -0.05) is 41.6 Å². The predicted octanol–water partition coefficient (Wildman–Crippen LogP) is 18.5. The highest BCUT2D eigenvalue weighted by atomic mass is 32.2. The number of ether oxygens (including phenoxy) is 5. The summed E-state index contributed by atoms with van der Waals surface area (Å²) < 4.78 is 77.5. The Morgan fingerprint density at radius 1 is 0.491 bits per heavy atom. The molecule has 11 aromatic rings. The normalized spacial score (nSPS) is 18.8. The van der Waals surface area contributed by atoms with Gasteiger partial charge in [0.15, 0.2) is 5.69 Å². The number of aryl methyl sites for hydroxylation is 1. The minimum atomic E-state index is -0.283. The zero-order chi connectivity index (χ0) is 75.4. The molecule has 0 saturated carbocycles. The van der Waals surface area contributed by atoms with Gasteiger partial charge in [-0.25, -0.2) is 0 Å². The Morgan fingerprint density at radius 3 is 1.47 bits per heavy atom. The van der Waals surface area contributed by atoms with Crippen LogP contribution in [0.4, 0.5) is 13.2 Å². The molecule has 0 spiro atoms. The molecule has 2 aromatic heterocycles. The molecule has 0 amide bonds. The van der Waals surface area contributed by atoms with Crippen molar-refractivity contribution in [1.82, 2.24) is 24.4 Å². The van der Waals surface area contributed by atoms with Crippen molar-refractivity contribution in [2.24, 2.45) is 17.8 Å². The fraction of sp³-hybridized carbons (Fsp3) is 0.322. The van der Waals surface area contributed by atoms with E-state index in [1.54, 1.807) is 115 Å². The van der Waals surface area contributed by atoms with E-state index in [1.165, 1.54) is 0 Å². The average Bonchev–Trinajstić information content (AvgIpc) is 1.50. The molecule has 0 radical (unpaired) electrons. The molecule has 8 atom stereocenters. The van der Waals surface area contributed by atoms with Crippen LogP contribution in [0.15, 0.2) is 216 Å². The number of likely N-dealkylation sites (tertiary alicyclic amines) is 3. The van der Waals surface area contributed by atoms with Crippen molar-refractivity contribution in [2.45, 2.75) is 87.9 Å². The van der Waals surface area contributed by atoms with Crippen LogP contribution in [0.1, 0.15) is 73.6 Å². The summed E-state index contributed by atoms with van der Waals surface area (Å²) in [5.41, 5.74) is 9.14. The Hall–Kier alpha value is -10.5. The second kappa shape index (κ2) is 35.1. The summed E-state index contributed by atoms with van der Waals surface area (Å²) in [6.45, 7) is 15.1. The van der Waals surface area contributed by atoms with Crippen molar-refractivity contribution >= 4 is 22.7 Å². The standard InChI is InChI=1S/C30H33FN2O3.C29H29FN2O5.C28H30FNO4S/c1-20(32-14-13-23(16-31)17-32)19-36-27-10-3-22(4-11-27)18-33-29-12-9-26(35)15-28(29)21(2)30(33)24-5-7-25(34)8-6-24;1-19(32-15-14-20(16-30)17-32)18-35-25-10-12-26(13-11-25)36-29-27(21-2-6-23(33)7-3-21)31-37-28(29)22-4-8-24(34)9-5-22;1-18(30-12-11-19(15-29)16-30)17-33-24-8-5-20(6-9-24)27-28(21-3-2-4-22(31)13-21)35-26-14-23(32)7-10-25(26)34-27/h3-12,15,20,23,34-35H,13-14,16-19H2,1-2H3;2-13,19-20,33-34H,14-18H2,1H3;2-10,13-14,18-19,27-28,31-32H,11-12,15-17H2,1H3/t20-,23-;19-,20-;18-,19-,27-,28+/m000/s1. The highest BCUT2D eigenvalue weighted by Crippen LogP contribution is 2.54. The van der Waals surface area contributed by atoms with Gasteiger partial charge in [-0.15, -0.1) is 11.8 Å². The number of phenols is 6. The van der Waals surface area contributed by atoms with Crippen LogP contribution in [0.3, 0.4) is 0 Å². The molecule has 6 N–H and O–H groups in total. The lowest BCUT2D eigenvalue weighted by Crippen LogP contribution is -2.35. The van der Waals surface area contributed by atoms with E-state index < -0.39 is 0 Å². The van der Waals surface area contributed by atoms with Crippen LogP contribution >= 0.6 is 11.8 Å². The van der Waals surface area contributed by atoms with Crippen LogP contribution < -0.4 is 23.7 Å². The Labute approximate surface area is 631 Å². The maximum absolute atomic E-state index is 12.9. The molecule has 0 aliphatic carbocycles. The third-order valence-electron chi connectivity index (χ3n) is 20.7. The highest BCUT2D eigenvalue weighted by molar-refractivity contribution is 7.99. The SMILES string of the molecule is C[C@@H](COc1ccc(Oc2c(-c3ccc(O)cc3)noc2-c2ccc(O)cc2)cc1)N1CC[C@@H](CF)C1.C[C@@H](COc1ccc([C@@H]2Oc3ccc(O)cc3S[C@@H]2c2cccc(O)c2)cc1)N1CC[C@@H](CF)C1.Cc1c(-c2ccc(O)cc2)n(Cc2ccc(OC[C@H](C)N3CC[C@@H](CF)C3)cc2)c2ccc(O)cc12. The fourth-order valence-electron chi connectivity index (χ4n) is 14.4. The lowest BCUT2D eigenvalue weighted by molar-refractivity contribution is 0.165. The number of nitrogens with zero attached hydrogens (tertiary/aromatic N) is 5. The molecule has 0 unspecified atom stereocenters. The maximum Gasteiger partial charge on any atom is 0.210 e. The molecule has 3 saturated heterocycles. The summed E-state index contributed by atoms with van der Waals surface area (Å²) >= 11 is 1.61. The van der Waals surface area contributed by atoms with E-state index in [9.17, 15) is 43.8 Å². The number of hydrogen-bond donors (Lipinski definition) is 6. The molecular weight excluding hydrogens is 1400 g/mol. The van der Waals surface area contributed by atoms with Crippen LogP contribution in [-0.2, 0) is 6.54 Å². The number of phenolic OH excluding ortho intramolecular Hbond substituents is 6. The number of halogens is 3. The van der Waals surface area contributed by atoms with Gasteiger partial charge < -0.3 is 63.4 Å². The summed E-state index contributed by atoms with van der Waals surface area (Å²) in [6.07, 6.45) is 2.45. The number of alkyl halides is 3. The van der Waals surface area contributed by atoms with Crippen molar-refractivity contribution in [2.75, 3.05) is 79.1 Å². The first-order valence-electron chi connectivity index (χ1n) is 36.8. The summed E-state index contributed by atoms with van der Waals surface area (Å²) in [7, 11) is 0. The lowest BCUT2D eigenvalue weighted by Gasteiger charge is -2.34. The number of thioether (sulfide) groups is 1. The summed E-state index contributed by atoms with van der Waals surface area (Å²) in [4.78, 5) is 7.73. The molecule has 4 aliphatic heterocycles. The minimum Gasteiger partial charge on any atom is -0.508 e. The number of aromatic hydroxyl groups is 6. The first-order chi connectivity index (χ1) is 52.4. The number of rotatable bonds is 24. The summed E-state index contributed by atoms with van der Waals surface area (Å²) in [5, 5.41) is 64.3. The van der Waals surface area contributed by atoms with Crippen LogP contribution in [0.5, 0.6) is 69.0 Å². The molecule has 108 heavy (non-hydrogen) atoms. The maximum atomic E-state index is 12.9. The summed E-state index contributed by atoms with van der Waals surface area (Å²) in [5.74, 6) is 6.03. The smallest absolute Gasteiger partial charge is 0.210 e. The van der Waals surface area contributed by atoms with Gasteiger partial charge in [0, 0.05) is 84.1 Å². The molecule has 9 aromatic carbocycles. The van der Waals surface area contributed by atoms with Gasteiger partial charge in [-0.3, -0.25) is 27.9 Å². The molecule has 6 heterocycles. The third kappa shape index (κ3) is 18.6. The van der Waals surface area contributed by atoms with E-state index >= 15 is 0 Å². The average molecular weight is 1490 g/mol. The van der Waals surface area contributed by atoms with E-state index in [0.717, 1.165) is 125 Å². The number of aromatic nitrogens is 2. The Kier molecular flexibility index (Phi) is 24.6. The first kappa shape index (κ1) is 75.8. The van der Waals surface area contributed by atoms with E-state index in [1.807, 2.05) is 91.0 Å². The molecule has 4 aliphatic rings. The topological polar surface area (TPSA) is 208 Å². The Balaban J connectivity index is 0.000000143. The second-order valence-corrected chi connectivity index (χ2v) is 29.8. The van der Waals surface area contributed by atoms with E-state index in [0.29, 0.717) is 66.2 Å². The zero-order valence-electron chi connectivity index (χ0n) is 61.0. The van der Waals surface area contributed by atoms with Gasteiger partial charge in [-0.05, 0) is 264 Å². The molecule has 21 heteroatoms. The van der Waals surface area contributed by atoms with Crippen LogP contribution in [-0.4, -0.2) is 152 Å². The predicted molar refractivity (Wildman–Crippen MR) is 415 cm³/mol. The van der Waals surface area contributed by atoms with E-state index in [-0.39, 0.29) is 102 Å². The van der Waals surface area contributed by atoms with E-state index in [4.69, 9.17) is 28.2 Å². The molecule has 3 fully saturated rings. The van der Waals surface area contributed by atoms with Crippen LogP contribution in [0.2, 0.25) is 0 Å². The zero-order valence-corrected chi connectivity index (χ0v) is 61.8. The van der Waals surface area contributed by atoms with Crippen LogP contribution in [0.25, 0.3) is 44.7 Å². The van der Waals surface area contributed by atoms with Crippen molar-refractivity contribution in [3.8, 4) is 103 Å². The number of hydrogen-bond acceptors (Lipinski definition) is 17.